The summed E-state index contributed by atoms with van der Waals surface area (Å²) in [4.78, 5) is 12.1. The van der Waals surface area contributed by atoms with Crippen molar-refractivity contribution in [1.82, 2.24) is 5.32 Å². The van der Waals surface area contributed by atoms with Gasteiger partial charge in [0, 0.05) is 19.5 Å². The minimum atomic E-state index is -1.12. The van der Waals surface area contributed by atoms with E-state index >= 15 is 0 Å². The Morgan fingerprint density at radius 1 is 1.47 bits per heavy atom. The number of aliphatic hydroxyl groups is 1. The molecule has 0 bridgehead atoms. The van der Waals surface area contributed by atoms with Crippen molar-refractivity contribution in [2.75, 3.05) is 26.3 Å². The number of rotatable bonds is 3. The fraction of sp³-hybridized carbons (Fsp3) is 0.917. The lowest BCUT2D eigenvalue weighted by Crippen LogP contribution is -2.70. The van der Waals surface area contributed by atoms with Crippen molar-refractivity contribution in [3.05, 3.63) is 0 Å². The molecule has 1 unspecified atom stereocenters. The Morgan fingerprint density at radius 2 is 2.12 bits per heavy atom. The van der Waals surface area contributed by atoms with E-state index < -0.39 is 11.0 Å². The molecule has 0 aliphatic carbocycles. The van der Waals surface area contributed by atoms with Gasteiger partial charge < -0.3 is 19.9 Å². The van der Waals surface area contributed by atoms with Gasteiger partial charge in [-0.15, -0.1) is 0 Å². The van der Waals surface area contributed by atoms with Gasteiger partial charge in [-0.3, -0.25) is 4.79 Å². The predicted molar refractivity (Wildman–Crippen MR) is 61.5 cm³/mol. The molecule has 17 heavy (non-hydrogen) atoms. The van der Waals surface area contributed by atoms with Gasteiger partial charge in [0.2, 0.25) is 0 Å². The van der Waals surface area contributed by atoms with Crippen molar-refractivity contribution >= 4 is 5.97 Å². The maximum absolute atomic E-state index is 12.1. The molecule has 0 aromatic carbocycles. The molecule has 2 fully saturated rings. The fourth-order valence-corrected chi connectivity index (χ4v) is 2.74. The molecule has 2 N–H and O–H groups in total. The van der Waals surface area contributed by atoms with Gasteiger partial charge in [0.15, 0.2) is 0 Å². The summed E-state index contributed by atoms with van der Waals surface area (Å²) in [5.74, 6) is -0.317. The highest BCUT2D eigenvalue weighted by molar-refractivity contribution is 5.80. The summed E-state index contributed by atoms with van der Waals surface area (Å²) in [5, 5.41) is 13.8. The van der Waals surface area contributed by atoms with E-state index in [2.05, 4.69) is 5.32 Å². The van der Waals surface area contributed by atoms with Crippen LogP contribution in [0.1, 0.15) is 27.2 Å². The number of nitrogens with one attached hydrogen (secondary N) is 1. The SMILES string of the molecule is CCOC(=O)C1(C2(O)COC(C)(C)C2)CNC1. The third-order valence-electron chi connectivity index (χ3n) is 3.83. The molecule has 5 nitrogen and oxygen atoms in total. The molecule has 1 atom stereocenters. The zero-order chi connectivity index (χ0) is 12.7. The number of hydrogen-bond acceptors (Lipinski definition) is 5. The Labute approximate surface area is 101 Å². The van der Waals surface area contributed by atoms with Gasteiger partial charge in [-0.2, -0.15) is 0 Å². The van der Waals surface area contributed by atoms with Crippen LogP contribution in [0.5, 0.6) is 0 Å². The molecule has 0 aromatic heterocycles. The molecule has 0 saturated carbocycles. The zero-order valence-electron chi connectivity index (χ0n) is 10.7. The van der Waals surface area contributed by atoms with E-state index in [1.807, 2.05) is 13.8 Å². The van der Waals surface area contributed by atoms with Gasteiger partial charge in [0.1, 0.15) is 11.0 Å². The molecule has 2 rings (SSSR count). The van der Waals surface area contributed by atoms with Gasteiger partial charge in [-0.05, 0) is 20.8 Å². The van der Waals surface area contributed by atoms with Gasteiger partial charge in [-0.25, -0.2) is 0 Å². The van der Waals surface area contributed by atoms with Crippen LogP contribution < -0.4 is 5.32 Å². The third kappa shape index (κ3) is 1.86. The number of carbonyl (C=O) groups excluding carboxylic acids is 1. The minimum Gasteiger partial charge on any atom is -0.465 e. The Hall–Kier alpha value is -0.650. The van der Waals surface area contributed by atoms with Crippen LogP contribution >= 0.6 is 0 Å². The number of ether oxygens (including phenoxy) is 2. The molecule has 0 amide bonds. The molecule has 2 saturated heterocycles. The van der Waals surface area contributed by atoms with Crippen LogP contribution in [-0.2, 0) is 14.3 Å². The van der Waals surface area contributed by atoms with Gasteiger partial charge in [0.05, 0.1) is 18.8 Å². The maximum atomic E-state index is 12.1. The van der Waals surface area contributed by atoms with Crippen molar-refractivity contribution in [2.24, 2.45) is 5.41 Å². The van der Waals surface area contributed by atoms with E-state index in [4.69, 9.17) is 9.47 Å². The molecule has 0 aromatic rings. The summed E-state index contributed by atoms with van der Waals surface area (Å²) >= 11 is 0. The van der Waals surface area contributed by atoms with Gasteiger partial charge in [-0.1, -0.05) is 0 Å². The van der Waals surface area contributed by atoms with Crippen LogP contribution in [0.15, 0.2) is 0 Å². The number of hydrogen-bond donors (Lipinski definition) is 2. The summed E-state index contributed by atoms with van der Waals surface area (Å²) in [6.07, 6.45) is 0.459. The van der Waals surface area contributed by atoms with Crippen molar-refractivity contribution < 1.29 is 19.4 Å². The summed E-state index contributed by atoms with van der Waals surface area (Å²) < 4.78 is 10.7. The Kier molecular flexibility index (Phi) is 2.96. The first-order valence-electron chi connectivity index (χ1n) is 6.10. The van der Waals surface area contributed by atoms with Gasteiger partial charge >= 0.3 is 5.97 Å². The zero-order valence-corrected chi connectivity index (χ0v) is 10.7. The summed E-state index contributed by atoms with van der Waals surface area (Å²) in [5.41, 5.74) is -2.34. The highest BCUT2D eigenvalue weighted by atomic mass is 16.5. The van der Waals surface area contributed by atoms with Crippen molar-refractivity contribution in [3.63, 3.8) is 0 Å². The number of carbonyl (C=O) groups is 1. The van der Waals surface area contributed by atoms with Crippen molar-refractivity contribution in [2.45, 2.75) is 38.4 Å². The smallest absolute Gasteiger partial charge is 0.317 e. The third-order valence-corrected chi connectivity index (χ3v) is 3.83. The van der Waals surface area contributed by atoms with Crippen LogP contribution in [0.2, 0.25) is 0 Å². The second kappa shape index (κ2) is 3.93. The summed E-state index contributed by atoms with van der Waals surface area (Å²) in [7, 11) is 0. The normalized spacial score (nSPS) is 34.1. The molecule has 2 aliphatic heterocycles. The highest BCUT2D eigenvalue weighted by Crippen LogP contribution is 2.47. The monoisotopic (exact) mass is 243 g/mol. The van der Waals surface area contributed by atoms with Gasteiger partial charge in [0.25, 0.3) is 0 Å². The Bertz CT molecular complexity index is 324. The molecular weight excluding hydrogens is 222 g/mol. The van der Waals surface area contributed by atoms with Crippen LogP contribution in [0.25, 0.3) is 0 Å². The average molecular weight is 243 g/mol. The molecular formula is C12H21NO4. The van der Waals surface area contributed by atoms with E-state index in [-0.39, 0.29) is 18.2 Å². The van der Waals surface area contributed by atoms with Crippen LogP contribution in [0, 0.1) is 5.41 Å². The quantitative estimate of drug-likeness (QED) is 0.687. The van der Waals surface area contributed by atoms with Crippen LogP contribution in [-0.4, -0.2) is 48.6 Å². The molecule has 5 heteroatoms. The summed E-state index contributed by atoms with van der Waals surface area (Å²) in [6.45, 7) is 7.08. The molecule has 2 aliphatic rings. The molecule has 98 valence electrons. The summed E-state index contributed by atoms with van der Waals surface area (Å²) in [6, 6.07) is 0. The van der Waals surface area contributed by atoms with E-state index in [0.717, 1.165) is 0 Å². The fourth-order valence-electron chi connectivity index (χ4n) is 2.74. The van der Waals surface area contributed by atoms with E-state index in [9.17, 15) is 9.90 Å². The van der Waals surface area contributed by atoms with E-state index in [1.165, 1.54) is 0 Å². The molecule has 2 heterocycles. The first-order chi connectivity index (χ1) is 7.85. The average Bonchev–Trinajstić information content (AvgIpc) is 2.39. The first-order valence-corrected chi connectivity index (χ1v) is 6.10. The van der Waals surface area contributed by atoms with E-state index in [1.54, 1.807) is 6.92 Å². The van der Waals surface area contributed by atoms with Crippen molar-refractivity contribution in [3.8, 4) is 0 Å². The topological polar surface area (TPSA) is 67.8 Å². The minimum absolute atomic E-state index is 0.195. The maximum Gasteiger partial charge on any atom is 0.317 e. The lowest BCUT2D eigenvalue weighted by molar-refractivity contribution is -0.184. The predicted octanol–water partition coefficient (Wildman–Crippen LogP) is 0.0691. The number of esters is 1. The molecule has 0 spiro atoms. The Balaban J connectivity index is 2.21. The molecule has 0 radical (unpaired) electrons. The lowest BCUT2D eigenvalue weighted by Gasteiger charge is -2.49. The van der Waals surface area contributed by atoms with E-state index in [0.29, 0.717) is 26.1 Å². The largest absolute Gasteiger partial charge is 0.465 e. The highest BCUT2D eigenvalue weighted by Gasteiger charge is 2.64. The standard InChI is InChI=1S/C12H21NO4/c1-4-16-9(14)11(6-13-7-11)12(15)5-10(2,3)17-8-12/h13,15H,4-8H2,1-3H3. The lowest BCUT2D eigenvalue weighted by atomic mass is 9.65. The van der Waals surface area contributed by atoms with Crippen LogP contribution in [0.3, 0.4) is 0 Å². The second-order valence-corrected chi connectivity index (χ2v) is 5.66. The Morgan fingerprint density at radius 3 is 2.47 bits per heavy atom. The van der Waals surface area contributed by atoms with Crippen LogP contribution in [0.4, 0.5) is 0 Å². The first kappa shape index (κ1) is 12.8. The second-order valence-electron chi connectivity index (χ2n) is 5.66. The van der Waals surface area contributed by atoms with Crippen molar-refractivity contribution in [1.29, 1.82) is 0 Å².